The third kappa shape index (κ3) is 5.04. The van der Waals surface area contributed by atoms with Crippen molar-refractivity contribution in [2.45, 2.75) is 52.0 Å². The van der Waals surface area contributed by atoms with Crippen molar-refractivity contribution >= 4 is 56.3 Å². The van der Waals surface area contributed by atoms with Crippen LogP contribution in [0.25, 0.3) is 10.2 Å². The van der Waals surface area contributed by atoms with Crippen molar-refractivity contribution in [3.8, 4) is 11.5 Å². The Kier molecular flexibility index (Phi) is 6.98. The molecule has 9 heteroatoms. The van der Waals surface area contributed by atoms with Gasteiger partial charge in [-0.2, -0.15) is 0 Å². The molecule has 3 amide bonds. The van der Waals surface area contributed by atoms with Gasteiger partial charge in [0.1, 0.15) is 16.3 Å². The molecule has 3 heterocycles. The van der Waals surface area contributed by atoms with E-state index in [-0.39, 0.29) is 23.8 Å². The zero-order valence-corrected chi connectivity index (χ0v) is 23.2. The van der Waals surface area contributed by atoms with Crippen molar-refractivity contribution in [1.29, 1.82) is 0 Å². The largest absolute Gasteiger partial charge is 0.457 e. The predicted octanol–water partition coefficient (Wildman–Crippen LogP) is 7.35. The Bertz CT molecular complexity index is 1620. The molecule has 1 aliphatic carbocycles. The van der Waals surface area contributed by atoms with E-state index in [0.29, 0.717) is 39.2 Å². The molecule has 1 saturated carbocycles. The van der Waals surface area contributed by atoms with Crippen LogP contribution in [-0.2, 0) is 4.79 Å². The normalized spacial score (nSPS) is 18.1. The molecule has 0 bridgehead atoms. The third-order valence-electron chi connectivity index (χ3n) is 7.62. The Balaban J connectivity index is 1.24. The lowest BCUT2D eigenvalue weighted by molar-refractivity contribution is -0.119. The fraction of sp³-hybridized carbons (Fsp3) is 0.290. The Morgan fingerprint density at radius 3 is 2.70 bits per heavy atom. The van der Waals surface area contributed by atoms with E-state index in [1.807, 2.05) is 61.5 Å². The van der Waals surface area contributed by atoms with Crippen LogP contribution >= 0.6 is 11.3 Å². The van der Waals surface area contributed by atoms with E-state index in [1.165, 1.54) is 11.3 Å². The summed E-state index contributed by atoms with van der Waals surface area (Å²) in [6, 6.07) is 16.9. The number of aromatic nitrogens is 1. The van der Waals surface area contributed by atoms with Gasteiger partial charge in [-0.25, -0.2) is 9.78 Å². The van der Waals surface area contributed by atoms with Crippen LogP contribution in [0.3, 0.4) is 0 Å². The molecular formula is C31H30N4O4S. The van der Waals surface area contributed by atoms with E-state index < -0.39 is 0 Å². The first-order valence-corrected chi connectivity index (χ1v) is 14.4. The molecule has 0 spiro atoms. The average molecular weight is 555 g/mol. The van der Waals surface area contributed by atoms with Crippen LogP contribution in [0, 0.1) is 12.8 Å². The SMILES string of the molecule is CC(=O)N[C@@H]1CC[C@H](CCC(=O)c2sc3nccc4c3c2NC(=O)N4c2ccc(Oc3ccccc3)cc2C)C1. The molecule has 1 fully saturated rings. The number of ether oxygens (including phenoxy) is 1. The van der Waals surface area contributed by atoms with Gasteiger partial charge in [0, 0.05) is 25.6 Å². The second kappa shape index (κ2) is 10.7. The molecule has 2 aromatic heterocycles. The highest BCUT2D eigenvalue weighted by Gasteiger charge is 2.33. The standard InChI is InChI=1S/C31H30N4O4S/c1-18-16-23(39-22-6-4-3-5-7-22)11-12-24(18)35-25-14-15-32-30-27(25)28(34-31(35)38)29(40-30)26(37)13-9-20-8-10-21(17-20)33-19(2)36/h3-7,11-12,14-16,20-21H,8-10,13,17H2,1-2H3,(H,33,36)(H,34,38)/t20-,21-/m1/s1. The summed E-state index contributed by atoms with van der Waals surface area (Å²) in [6.45, 7) is 3.48. The number of ketones is 1. The minimum absolute atomic E-state index is 0.00848. The van der Waals surface area contributed by atoms with Gasteiger partial charge < -0.3 is 15.4 Å². The second-order valence-corrected chi connectivity index (χ2v) is 11.5. The first-order valence-electron chi connectivity index (χ1n) is 13.5. The molecule has 0 unspecified atom stereocenters. The summed E-state index contributed by atoms with van der Waals surface area (Å²) in [5.74, 6) is 1.83. The third-order valence-corrected chi connectivity index (χ3v) is 8.75. The second-order valence-electron chi connectivity index (χ2n) is 10.5. The zero-order valence-electron chi connectivity index (χ0n) is 22.4. The Morgan fingerprint density at radius 1 is 1.10 bits per heavy atom. The Labute approximate surface area is 236 Å². The molecule has 0 radical (unpaired) electrons. The number of hydrogen-bond donors (Lipinski definition) is 2. The van der Waals surface area contributed by atoms with Crippen LogP contribution < -0.4 is 20.3 Å². The number of nitrogens with zero attached hydrogens (tertiary/aromatic N) is 2. The fourth-order valence-electron chi connectivity index (χ4n) is 5.79. The van der Waals surface area contributed by atoms with Gasteiger partial charge in [-0.05, 0) is 80.5 Å². The number of thiophene rings is 1. The summed E-state index contributed by atoms with van der Waals surface area (Å²) < 4.78 is 5.97. The van der Waals surface area contributed by atoms with Crippen LogP contribution in [0.4, 0.5) is 21.9 Å². The van der Waals surface area contributed by atoms with Gasteiger partial charge >= 0.3 is 6.03 Å². The van der Waals surface area contributed by atoms with Crippen molar-refractivity contribution in [3.63, 3.8) is 0 Å². The van der Waals surface area contributed by atoms with Gasteiger partial charge in [-0.3, -0.25) is 14.5 Å². The summed E-state index contributed by atoms with van der Waals surface area (Å²) in [7, 11) is 0. The minimum atomic E-state index is -0.318. The Hall–Kier alpha value is -4.24. The summed E-state index contributed by atoms with van der Waals surface area (Å²) in [5.41, 5.74) is 2.86. The van der Waals surface area contributed by atoms with Gasteiger partial charge in [0.05, 0.1) is 27.3 Å². The highest BCUT2D eigenvalue weighted by atomic mass is 32.1. The molecule has 0 saturated heterocycles. The molecule has 4 aromatic rings. The van der Waals surface area contributed by atoms with Crippen LogP contribution in [0.2, 0.25) is 0 Å². The number of benzene rings is 2. The van der Waals surface area contributed by atoms with E-state index in [1.54, 1.807) is 18.0 Å². The van der Waals surface area contributed by atoms with Crippen LogP contribution in [0.5, 0.6) is 11.5 Å². The number of nitrogens with one attached hydrogen (secondary N) is 2. The highest BCUT2D eigenvalue weighted by Crippen LogP contribution is 2.47. The fourth-order valence-corrected chi connectivity index (χ4v) is 6.88. The molecule has 6 rings (SSSR count). The van der Waals surface area contributed by atoms with E-state index in [0.717, 1.165) is 48.1 Å². The number of amides is 3. The van der Waals surface area contributed by atoms with Crippen molar-refractivity contribution in [3.05, 3.63) is 71.2 Å². The number of carbonyl (C=O) groups excluding carboxylic acids is 3. The van der Waals surface area contributed by atoms with Gasteiger partial charge in [-0.1, -0.05) is 18.2 Å². The van der Waals surface area contributed by atoms with Gasteiger partial charge in [-0.15, -0.1) is 11.3 Å². The van der Waals surface area contributed by atoms with Crippen molar-refractivity contribution in [2.75, 3.05) is 10.2 Å². The molecular weight excluding hydrogens is 524 g/mol. The highest BCUT2D eigenvalue weighted by molar-refractivity contribution is 7.21. The maximum atomic E-state index is 13.5. The lowest BCUT2D eigenvalue weighted by Gasteiger charge is -2.29. The van der Waals surface area contributed by atoms with Crippen molar-refractivity contribution < 1.29 is 19.1 Å². The summed E-state index contributed by atoms with van der Waals surface area (Å²) in [4.78, 5) is 45.7. The Morgan fingerprint density at radius 2 is 1.93 bits per heavy atom. The van der Waals surface area contributed by atoms with E-state index in [4.69, 9.17) is 4.74 Å². The van der Waals surface area contributed by atoms with Crippen LogP contribution in [0.15, 0.2) is 60.8 Å². The molecule has 2 aliphatic rings. The number of carbonyl (C=O) groups is 3. The van der Waals surface area contributed by atoms with Gasteiger partial charge in [0.2, 0.25) is 5.91 Å². The van der Waals surface area contributed by atoms with E-state index in [9.17, 15) is 14.4 Å². The van der Waals surface area contributed by atoms with Crippen LogP contribution in [-0.4, -0.2) is 28.7 Å². The lowest BCUT2D eigenvalue weighted by Crippen LogP contribution is -2.34. The van der Waals surface area contributed by atoms with Crippen molar-refractivity contribution in [1.82, 2.24) is 10.3 Å². The summed E-state index contributed by atoms with van der Waals surface area (Å²) >= 11 is 1.33. The van der Waals surface area contributed by atoms with Crippen molar-refractivity contribution in [2.24, 2.45) is 5.92 Å². The number of para-hydroxylation sites is 1. The topological polar surface area (TPSA) is 101 Å². The quantitative estimate of drug-likeness (QED) is 0.222. The van der Waals surface area contributed by atoms with Gasteiger partial charge in [0.25, 0.3) is 0 Å². The number of hydrogen-bond acceptors (Lipinski definition) is 6. The monoisotopic (exact) mass is 554 g/mol. The summed E-state index contributed by atoms with van der Waals surface area (Å²) in [6.07, 6.45) is 5.69. The number of Topliss-reactive ketones (excluding diaryl/α,β-unsaturated/α-hetero) is 1. The molecule has 1 aliphatic heterocycles. The molecule has 204 valence electrons. The lowest BCUT2D eigenvalue weighted by atomic mass is 9.98. The van der Waals surface area contributed by atoms with E-state index >= 15 is 0 Å². The predicted molar refractivity (Wildman–Crippen MR) is 157 cm³/mol. The van der Waals surface area contributed by atoms with Crippen LogP contribution in [0.1, 0.15) is 54.3 Å². The maximum absolute atomic E-state index is 13.5. The minimum Gasteiger partial charge on any atom is -0.457 e. The number of anilines is 3. The first-order chi connectivity index (χ1) is 19.4. The smallest absolute Gasteiger partial charge is 0.331 e. The molecule has 2 aromatic carbocycles. The number of rotatable bonds is 8. The number of urea groups is 1. The number of pyridine rings is 1. The first kappa shape index (κ1) is 26.0. The molecule has 40 heavy (non-hydrogen) atoms. The van der Waals surface area contributed by atoms with E-state index in [2.05, 4.69) is 15.6 Å². The summed E-state index contributed by atoms with van der Waals surface area (Å²) in [5, 5.41) is 6.77. The average Bonchev–Trinajstić information content (AvgIpc) is 3.53. The maximum Gasteiger partial charge on any atom is 0.331 e. The zero-order chi connectivity index (χ0) is 27.8. The molecule has 8 nitrogen and oxygen atoms in total. The van der Waals surface area contributed by atoms with Gasteiger partial charge in [0.15, 0.2) is 5.78 Å². The number of aryl methyl sites for hydroxylation is 1. The molecule has 2 N–H and O–H groups in total. The molecule has 2 atom stereocenters.